The molecule has 0 N–H and O–H groups in total. The van der Waals surface area contributed by atoms with Gasteiger partial charge in [-0.25, -0.2) is 0 Å². The number of carbonyl (C=O) groups excluding carboxylic acids is 11. The highest BCUT2D eigenvalue weighted by atomic mass is 16.8. The smallest absolute Gasteiger partial charge is 0.308 e. The molecule has 0 amide bonds. The van der Waals surface area contributed by atoms with Crippen molar-refractivity contribution in [2.45, 2.75) is 238 Å². The van der Waals surface area contributed by atoms with Crippen molar-refractivity contribution >= 4 is 65.7 Å². The summed E-state index contributed by atoms with van der Waals surface area (Å²) in [5, 5.41) is 0. The fraction of sp³-hybridized carbons (Fsp3) is 0.823. The summed E-state index contributed by atoms with van der Waals surface area (Å²) in [6.07, 6.45) is -24.1. The van der Waals surface area contributed by atoms with Gasteiger partial charge in [-0.2, -0.15) is 0 Å². The lowest BCUT2D eigenvalue weighted by Gasteiger charge is -2.48. The Morgan fingerprint density at radius 1 is 0.292 bits per heavy atom. The number of ether oxygens (including phenoxy) is 16. The van der Waals surface area contributed by atoms with Crippen LogP contribution in [-0.4, -0.2) is 178 Å². The first-order valence-corrected chi connectivity index (χ1v) is 30.7. The van der Waals surface area contributed by atoms with Gasteiger partial charge in [0, 0.05) is 0 Å². The van der Waals surface area contributed by atoms with Crippen LogP contribution in [0.2, 0.25) is 0 Å². The second kappa shape index (κ2) is 34.4. The summed E-state index contributed by atoms with van der Waals surface area (Å²) < 4.78 is 99.2. The van der Waals surface area contributed by atoms with Gasteiger partial charge in [0.25, 0.3) is 0 Å². The summed E-state index contributed by atoms with van der Waals surface area (Å²) in [5.41, 5.74) is 0. The molecule has 89 heavy (non-hydrogen) atoms. The van der Waals surface area contributed by atoms with E-state index in [1.54, 1.807) is 27.7 Å². The minimum atomic E-state index is -2.75. The van der Waals surface area contributed by atoms with Gasteiger partial charge in [0.2, 0.25) is 12.1 Å². The van der Waals surface area contributed by atoms with Crippen LogP contribution in [0.3, 0.4) is 0 Å². The molecule has 27 heteroatoms. The predicted octanol–water partition coefficient (Wildman–Crippen LogP) is 5.70. The van der Waals surface area contributed by atoms with Crippen molar-refractivity contribution in [3.63, 3.8) is 0 Å². The number of rotatable bonds is 30. The first-order valence-electron chi connectivity index (χ1n) is 30.7. The molecular formula is C62H98O27. The predicted molar refractivity (Wildman–Crippen MR) is 307 cm³/mol. The summed E-state index contributed by atoms with van der Waals surface area (Å²) >= 11 is 0. The molecule has 3 fully saturated rings. The first kappa shape index (κ1) is 77.2. The minimum Gasteiger partial charge on any atom is -0.463 e. The van der Waals surface area contributed by atoms with E-state index in [4.69, 9.17) is 75.8 Å². The first-order chi connectivity index (χ1) is 41.2. The quantitative estimate of drug-likeness (QED) is 0.0614. The fourth-order valence-corrected chi connectivity index (χ4v) is 8.10. The highest BCUT2D eigenvalue weighted by Crippen LogP contribution is 2.43. The third-order valence-corrected chi connectivity index (χ3v) is 13.8. The number of carbonyl (C=O) groups is 11. The van der Waals surface area contributed by atoms with E-state index in [0.717, 1.165) is 0 Å². The Kier molecular flexibility index (Phi) is 29.9. The monoisotopic (exact) mass is 1270 g/mol. The largest absolute Gasteiger partial charge is 0.463 e. The van der Waals surface area contributed by atoms with Crippen molar-refractivity contribution in [3.05, 3.63) is 0 Å². The normalized spacial score (nSPS) is 27.1. The van der Waals surface area contributed by atoms with E-state index < -0.39 is 243 Å². The fourth-order valence-electron chi connectivity index (χ4n) is 8.10. The number of esters is 11. The van der Waals surface area contributed by atoms with Gasteiger partial charge in [-0.15, -0.1) is 0 Å². The van der Waals surface area contributed by atoms with Gasteiger partial charge >= 0.3 is 65.7 Å². The van der Waals surface area contributed by atoms with Crippen LogP contribution in [0.25, 0.3) is 0 Å². The van der Waals surface area contributed by atoms with Crippen molar-refractivity contribution in [2.75, 3.05) is 26.4 Å². The Balaban J connectivity index is 2.59. The van der Waals surface area contributed by atoms with E-state index in [2.05, 4.69) is 0 Å². The molecule has 0 aromatic carbocycles. The van der Waals surface area contributed by atoms with Crippen LogP contribution < -0.4 is 0 Å². The zero-order valence-electron chi connectivity index (χ0n) is 55.7. The Hall–Kier alpha value is -6.03. The van der Waals surface area contributed by atoms with Crippen molar-refractivity contribution < 1.29 is 129 Å². The van der Waals surface area contributed by atoms with E-state index >= 15 is 0 Å². The summed E-state index contributed by atoms with van der Waals surface area (Å²) in [4.78, 5) is 151. The summed E-state index contributed by atoms with van der Waals surface area (Å²) in [6.45, 7) is 29.9. The zero-order valence-corrected chi connectivity index (χ0v) is 55.7. The molecule has 0 saturated carbocycles. The van der Waals surface area contributed by atoms with Crippen LogP contribution in [0.4, 0.5) is 0 Å². The van der Waals surface area contributed by atoms with Crippen LogP contribution in [0, 0.1) is 65.1 Å². The second-order valence-electron chi connectivity index (χ2n) is 25.7. The Labute approximate surface area is 522 Å². The molecule has 3 aliphatic heterocycles. The number of hydrogen-bond acceptors (Lipinski definition) is 27. The number of hydrogen-bond donors (Lipinski definition) is 0. The SMILES string of the molecule is CC(C)C(=O)OC[C@H]1OC(OC[C@H]2OC(O[C@]3(COC(=O)C(C)C)O[C@H](COC(=O)C(C)C)[C@@H](OC(=O)C(C)C)[C@@H]3OC(=O)C(C)C)[C@H](OC(=O)C(C)C)[C@@H](OC(=O)C(C)C)[C@@H]2OC(=O)C(C)C)[C@H](OC(=O)C(C)C)[C@@H](OC(=O)C(C)C)[C@H]1OC(=O)C(C)C. The van der Waals surface area contributed by atoms with Crippen molar-refractivity contribution in [2.24, 2.45) is 65.1 Å². The van der Waals surface area contributed by atoms with Gasteiger partial charge < -0.3 is 75.8 Å². The lowest BCUT2D eigenvalue weighted by atomic mass is 9.96. The van der Waals surface area contributed by atoms with E-state index in [1.807, 2.05) is 0 Å². The third kappa shape index (κ3) is 21.8. The summed E-state index contributed by atoms with van der Waals surface area (Å²) in [5.74, 6) is -21.5. The Morgan fingerprint density at radius 2 is 0.562 bits per heavy atom. The van der Waals surface area contributed by atoms with Gasteiger partial charge in [-0.05, 0) is 0 Å². The van der Waals surface area contributed by atoms with Crippen LogP contribution >= 0.6 is 0 Å². The van der Waals surface area contributed by atoms with Crippen molar-refractivity contribution in [1.29, 1.82) is 0 Å². The standard InChI is InChI=1S/C62H98O27/c1-27(2)49(63)74-23-38-41(80-52(66)30(7)8)44(83-55(69)33(13)14)46(85-57(71)35(17)18)60(78-38)76-24-39-42(81-53(67)31(9)10)45(84-56(70)34(15)16)47(86-58(72)36(19)20)61(79-39)89-62(26-77-51(65)29(5)6)48(87-59(73)37(21)22)43(82-54(68)32(11)12)40(88-62)25-75-50(64)28(3)4/h27-48,60-61H,23-26H2,1-22H3/t38-,39-,40-,41+,42-,43-,44+,45+,46-,47-,48+,60?,61?,62+/m1/s1. The maximum Gasteiger partial charge on any atom is 0.308 e. The second-order valence-corrected chi connectivity index (χ2v) is 25.7. The molecule has 14 atom stereocenters. The molecule has 0 aliphatic carbocycles. The van der Waals surface area contributed by atoms with Gasteiger partial charge in [0.15, 0.2) is 55.1 Å². The molecule has 0 aromatic rings. The highest BCUT2D eigenvalue weighted by Gasteiger charge is 2.66. The highest BCUT2D eigenvalue weighted by molar-refractivity contribution is 5.77. The molecule has 3 heterocycles. The molecule has 0 radical (unpaired) electrons. The van der Waals surface area contributed by atoms with Crippen LogP contribution in [0.1, 0.15) is 152 Å². The van der Waals surface area contributed by atoms with Gasteiger partial charge in [-0.1, -0.05) is 152 Å². The molecule has 3 rings (SSSR count). The van der Waals surface area contributed by atoms with E-state index in [0.29, 0.717) is 0 Å². The third-order valence-electron chi connectivity index (χ3n) is 13.8. The van der Waals surface area contributed by atoms with Crippen LogP contribution in [0.5, 0.6) is 0 Å². The molecule has 0 aromatic heterocycles. The zero-order chi connectivity index (χ0) is 67.8. The van der Waals surface area contributed by atoms with Gasteiger partial charge in [0.1, 0.15) is 38.1 Å². The topological polar surface area (TPSA) is 335 Å². The molecule has 3 saturated heterocycles. The van der Waals surface area contributed by atoms with E-state index in [-0.39, 0.29) is 0 Å². The van der Waals surface area contributed by atoms with E-state index in [9.17, 15) is 52.7 Å². The minimum absolute atomic E-state index is 0.661. The maximum atomic E-state index is 14.1. The Bertz CT molecular complexity index is 2430. The molecule has 2 unspecified atom stereocenters. The lowest BCUT2D eigenvalue weighted by Crippen LogP contribution is -2.67. The molecule has 0 bridgehead atoms. The molecule has 508 valence electrons. The molecule has 27 nitrogen and oxygen atoms in total. The van der Waals surface area contributed by atoms with Crippen molar-refractivity contribution in [3.8, 4) is 0 Å². The summed E-state index contributed by atoms with van der Waals surface area (Å²) in [6, 6.07) is 0. The average molecular weight is 1280 g/mol. The van der Waals surface area contributed by atoms with Gasteiger partial charge in [-0.3, -0.25) is 52.7 Å². The average Bonchev–Trinajstić information content (AvgIpc) is 1.72. The molecular weight excluding hydrogens is 1180 g/mol. The van der Waals surface area contributed by atoms with E-state index in [1.165, 1.54) is 125 Å². The maximum absolute atomic E-state index is 14.1. The Morgan fingerprint density at radius 3 is 0.921 bits per heavy atom. The summed E-state index contributed by atoms with van der Waals surface area (Å²) in [7, 11) is 0. The molecule has 0 spiro atoms. The van der Waals surface area contributed by atoms with Crippen LogP contribution in [-0.2, 0) is 129 Å². The molecule has 3 aliphatic rings. The lowest BCUT2D eigenvalue weighted by molar-refractivity contribution is -0.389. The van der Waals surface area contributed by atoms with Crippen LogP contribution in [0.15, 0.2) is 0 Å². The van der Waals surface area contributed by atoms with Crippen molar-refractivity contribution in [1.82, 2.24) is 0 Å². The van der Waals surface area contributed by atoms with Gasteiger partial charge in [0.05, 0.1) is 71.7 Å².